The summed E-state index contributed by atoms with van der Waals surface area (Å²) in [5.41, 5.74) is 1.10. The molecule has 0 atom stereocenters. The van der Waals surface area contributed by atoms with Crippen LogP contribution in [0.3, 0.4) is 0 Å². The first-order valence-electron chi connectivity index (χ1n) is 10.0. The first-order chi connectivity index (χ1) is 14.9. The van der Waals surface area contributed by atoms with E-state index < -0.39 is 17.2 Å². The van der Waals surface area contributed by atoms with Crippen LogP contribution in [0.2, 0.25) is 5.02 Å². The highest BCUT2D eigenvalue weighted by atomic mass is 35.5. The number of halogens is 2. The summed E-state index contributed by atoms with van der Waals surface area (Å²) in [6.07, 6.45) is 0. The van der Waals surface area contributed by atoms with Gasteiger partial charge in [-0.1, -0.05) is 35.9 Å². The molecular weight excluding hydrogens is 419 g/mol. The van der Waals surface area contributed by atoms with E-state index in [2.05, 4.69) is 10.00 Å². The molecule has 1 fully saturated rings. The Balaban J connectivity index is 1.50. The van der Waals surface area contributed by atoms with Crippen molar-refractivity contribution >= 4 is 17.5 Å². The highest BCUT2D eigenvalue weighted by Crippen LogP contribution is 2.16. The molecule has 1 aliphatic heterocycles. The van der Waals surface area contributed by atoms with Gasteiger partial charge < -0.3 is 4.90 Å². The van der Waals surface area contributed by atoms with E-state index in [0.29, 0.717) is 36.9 Å². The van der Waals surface area contributed by atoms with Gasteiger partial charge in [0, 0.05) is 49.5 Å². The molecule has 0 bridgehead atoms. The maximum Gasteiger partial charge on any atom is 0.278 e. The fraction of sp³-hybridized carbons (Fsp3) is 0.261. The van der Waals surface area contributed by atoms with Gasteiger partial charge in [-0.2, -0.15) is 5.10 Å². The number of aromatic nitrogens is 2. The zero-order valence-electron chi connectivity index (χ0n) is 17.1. The quantitative estimate of drug-likeness (QED) is 0.624. The minimum Gasteiger partial charge on any atom is -0.335 e. The largest absolute Gasteiger partial charge is 0.335 e. The molecule has 0 unspecified atom stereocenters. The second-order valence-corrected chi connectivity index (χ2v) is 8.00. The lowest BCUT2D eigenvalue weighted by Crippen LogP contribution is -2.49. The third kappa shape index (κ3) is 4.68. The molecule has 1 saturated heterocycles. The van der Waals surface area contributed by atoms with Gasteiger partial charge in [0.1, 0.15) is 11.5 Å². The number of rotatable bonds is 4. The smallest absolute Gasteiger partial charge is 0.278 e. The van der Waals surface area contributed by atoms with Crippen molar-refractivity contribution in [2.24, 2.45) is 0 Å². The fourth-order valence-corrected chi connectivity index (χ4v) is 3.93. The van der Waals surface area contributed by atoms with Gasteiger partial charge in [-0.15, -0.1) is 0 Å². The fourth-order valence-electron chi connectivity index (χ4n) is 3.72. The minimum atomic E-state index is -0.477. The summed E-state index contributed by atoms with van der Waals surface area (Å²) in [7, 11) is 0. The summed E-state index contributed by atoms with van der Waals surface area (Å²) in [6.45, 7) is 4.70. The maximum atomic E-state index is 14.2. The third-order valence-corrected chi connectivity index (χ3v) is 5.58. The second-order valence-electron chi connectivity index (χ2n) is 7.56. The van der Waals surface area contributed by atoms with Gasteiger partial charge in [-0.05, 0) is 36.8 Å². The number of hydrogen-bond acceptors (Lipinski definition) is 4. The van der Waals surface area contributed by atoms with Crippen molar-refractivity contribution < 1.29 is 9.18 Å². The highest BCUT2D eigenvalue weighted by molar-refractivity contribution is 6.30. The van der Waals surface area contributed by atoms with Gasteiger partial charge in [0.05, 0.1) is 0 Å². The summed E-state index contributed by atoms with van der Waals surface area (Å²) in [5, 5.41) is 4.92. The van der Waals surface area contributed by atoms with Gasteiger partial charge in [0.25, 0.3) is 5.91 Å². The third-order valence-electron chi connectivity index (χ3n) is 5.35. The summed E-state index contributed by atoms with van der Waals surface area (Å²) in [6, 6.07) is 15.2. The molecule has 0 radical (unpaired) electrons. The Labute approximate surface area is 184 Å². The van der Waals surface area contributed by atoms with E-state index in [0.717, 1.165) is 12.1 Å². The number of hydrogen-bond donors (Lipinski definition) is 0. The van der Waals surface area contributed by atoms with Crippen molar-refractivity contribution in [1.82, 2.24) is 19.6 Å². The van der Waals surface area contributed by atoms with Crippen LogP contribution in [0.5, 0.6) is 0 Å². The van der Waals surface area contributed by atoms with Crippen LogP contribution in [0.25, 0.3) is 5.69 Å². The Morgan fingerprint density at radius 3 is 2.52 bits per heavy atom. The van der Waals surface area contributed by atoms with Crippen molar-refractivity contribution in [3.63, 3.8) is 0 Å². The molecule has 31 heavy (non-hydrogen) atoms. The van der Waals surface area contributed by atoms with Crippen LogP contribution >= 0.6 is 11.6 Å². The number of piperazine rings is 1. The molecule has 1 aromatic heterocycles. The summed E-state index contributed by atoms with van der Waals surface area (Å²) in [5.74, 6) is -0.910. The Morgan fingerprint density at radius 1 is 1.06 bits per heavy atom. The number of carbonyl (C=O) groups excluding carboxylic acids is 1. The molecule has 0 N–H and O–H groups in total. The molecule has 0 saturated carbocycles. The van der Waals surface area contributed by atoms with E-state index in [1.54, 1.807) is 30.0 Å². The van der Waals surface area contributed by atoms with Crippen molar-refractivity contribution in [3.8, 4) is 5.69 Å². The van der Waals surface area contributed by atoms with Crippen LogP contribution in [0, 0.1) is 12.7 Å². The van der Waals surface area contributed by atoms with Crippen LogP contribution in [0.1, 0.15) is 21.7 Å². The topological polar surface area (TPSA) is 58.4 Å². The molecule has 2 heterocycles. The molecule has 6 nitrogen and oxygen atoms in total. The standard InChI is InChI=1S/C23H22ClFN4O2/c1-16-13-21(30)22(26-29(16)20-8-3-2-7-19(20)25)23(31)28-11-9-27(10-12-28)15-17-5-4-6-18(24)14-17/h2-8,13-14H,9-12,15H2,1H3. The number of benzene rings is 2. The average Bonchev–Trinajstić information content (AvgIpc) is 2.75. The molecule has 4 rings (SSSR count). The molecule has 0 aliphatic carbocycles. The number of nitrogens with zero attached hydrogens (tertiary/aromatic N) is 4. The zero-order chi connectivity index (χ0) is 22.0. The molecule has 1 amide bonds. The lowest BCUT2D eigenvalue weighted by Gasteiger charge is -2.34. The first kappa shape index (κ1) is 21.2. The van der Waals surface area contributed by atoms with Gasteiger partial charge in [0.2, 0.25) is 5.43 Å². The van der Waals surface area contributed by atoms with Gasteiger partial charge in [-0.3, -0.25) is 14.5 Å². The predicted molar refractivity (Wildman–Crippen MR) is 117 cm³/mol. The maximum absolute atomic E-state index is 14.2. The molecule has 0 spiro atoms. The number of para-hydroxylation sites is 1. The monoisotopic (exact) mass is 440 g/mol. The van der Waals surface area contributed by atoms with Crippen LogP contribution in [-0.4, -0.2) is 51.7 Å². The van der Waals surface area contributed by atoms with Crippen molar-refractivity contribution in [1.29, 1.82) is 0 Å². The van der Waals surface area contributed by atoms with Crippen molar-refractivity contribution in [3.05, 3.63) is 92.6 Å². The van der Waals surface area contributed by atoms with Gasteiger partial charge in [0.15, 0.2) is 5.69 Å². The van der Waals surface area contributed by atoms with Crippen molar-refractivity contribution in [2.75, 3.05) is 26.2 Å². The molecular formula is C23H22ClFN4O2. The van der Waals surface area contributed by atoms with Crippen LogP contribution < -0.4 is 5.43 Å². The summed E-state index contributed by atoms with van der Waals surface area (Å²) >= 11 is 6.05. The average molecular weight is 441 g/mol. The molecule has 1 aliphatic rings. The normalized spacial score (nSPS) is 14.6. The van der Waals surface area contributed by atoms with Gasteiger partial charge >= 0.3 is 0 Å². The Morgan fingerprint density at radius 2 is 1.81 bits per heavy atom. The Kier molecular flexibility index (Phi) is 6.15. The number of carbonyl (C=O) groups is 1. The van der Waals surface area contributed by atoms with E-state index in [1.165, 1.54) is 16.8 Å². The minimum absolute atomic E-state index is 0.195. The second kappa shape index (κ2) is 8.99. The van der Waals surface area contributed by atoms with E-state index in [4.69, 9.17) is 11.6 Å². The van der Waals surface area contributed by atoms with E-state index >= 15 is 0 Å². The first-order valence-corrected chi connectivity index (χ1v) is 10.4. The van der Waals surface area contributed by atoms with Crippen molar-refractivity contribution in [2.45, 2.75) is 13.5 Å². The van der Waals surface area contributed by atoms with Crippen LogP contribution in [-0.2, 0) is 6.54 Å². The van der Waals surface area contributed by atoms with E-state index in [9.17, 15) is 14.0 Å². The lowest BCUT2D eigenvalue weighted by molar-refractivity contribution is 0.0619. The SMILES string of the molecule is Cc1cc(=O)c(C(=O)N2CCN(Cc3cccc(Cl)c3)CC2)nn1-c1ccccc1F. The molecule has 160 valence electrons. The summed E-state index contributed by atoms with van der Waals surface area (Å²) in [4.78, 5) is 29.4. The van der Waals surface area contributed by atoms with Crippen LogP contribution in [0.15, 0.2) is 59.4 Å². The number of amides is 1. The Hall–Kier alpha value is -3.03. The number of aryl methyl sites for hydroxylation is 1. The van der Waals surface area contributed by atoms with E-state index in [1.807, 2.05) is 24.3 Å². The molecule has 2 aromatic carbocycles. The van der Waals surface area contributed by atoms with Gasteiger partial charge in [-0.25, -0.2) is 9.07 Å². The van der Waals surface area contributed by atoms with E-state index in [-0.39, 0.29) is 11.4 Å². The predicted octanol–water partition coefficient (Wildman–Crippen LogP) is 3.29. The molecule has 3 aromatic rings. The Bertz CT molecular complexity index is 1170. The van der Waals surface area contributed by atoms with Crippen LogP contribution in [0.4, 0.5) is 4.39 Å². The molecule has 8 heteroatoms. The summed E-state index contributed by atoms with van der Waals surface area (Å²) < 4.78 is 15.5. The lowest BCUT2D eigenvalue weighted by atomic mass is 10.2. The highest BCUT2D eigenvalue weighted by Gasteiger charge is 2.26. The zero-order valence-corrected chi connectivity index (χ0v) is 17.8.